The molecule has 1 aliphatic rings. The van der Waals surface area contributed by atoms with Gasteiger partial charge in [0.05, 0.1) is 5.16 Å². The van der Waals surface area contributed by atoms with Crippen molar-refractivity contribution in [1.29, 1.82) is 0 Å². The maximum Gasteiger partial charge on any atom is 0.308 e. The summed E-state index contributed by atoms with van der Waals surface area (Å²) < 4.78 is 4.42. The Morgan fingerprint density at radius 2 is 1.67 bits per heavy atom. The van der Waals surface area contributed by atoms with E-state index in [4.69, 9.17) is 11.6 Å². The highest BCUT2D eigenvalue weighted by Crippen LogP contribution is 2.14. The Hall–Kier alpha value is -2.61. The molecule has 2 amide bonds. The Bertz CT molecular complexity index is 766. The molecule has 2 heterocycles. The van der Waals surface area contributed by atoms with Crippen molar-refractivity contribution in [2.75, 3.05) is 26.2 Å². The van der Waals surface area contributed by atoms with Crippen LogP contribution >= 0.6 is 11.6 Å². The standard InChI is InChI=1S/C15H15ClN4O4/c1-10-13(17-24-20(10)23)15(22)19-8-6-18(7-9-19)14(21)11-2-4-12(16)5-3-11/h2-5H,6-9H2,1H3. The van der Waals surface area contributed by atoms with Crippen molar-refractivity contribution >= 4 is 23.4 Å². The van der Waals surface area contributed by atoms with Gasteiger partial charge in [0.15, 0.2) is 0 Å². The summed E-state index contributed by atoms with van der Waals surface area (Å²) in [5, 5.41) is 15.3. The minimum absolute atomic E-state index is 0.00229. The third-order valence-electron chi connectivity index (χ3n) is 3.97. The van der Waals surface area contributed by atoms with E-state index in [2.05, 4.69) is 9.79 Å². The molecule has 0 aliphatic carbocycles. The number of hydrogen-bond acceptors (Lipinski definition) is 5. The van der Waals surface area contributed by atoms with Crippen LogP contribution in [0, 0.1) is 12.1 Å². The van der Waals surface area contributed by atoms with Crippen LogP contribution in [0.15, 0.2) is 28.9 Å². The molecular formula is C15H15ClN4O4. The number of hydrogen-bond donors (Lipinski definition) is 0. The van der Waals surface area contributed by atoms with Crippen molar-refractivity contribution in [3.8, 4) is 0 Å². The third-order valence-corrected chi connectivity index (χ3v) is 4.22. The number of piperazine rings is 1. The molecule has 1 aliphatic heterocycles. The Balaban J connectivity index is 1.63. The van der Waals surface area contributed by atoms with Crippen LogP contribution in [0.5, 0.6) is 0 Å². The molecule has 0 saturated carbocycles. The summed E-state index contributed by atoms with van der Waals surface area (Å²) in [6.07, 6.45) is 0. The van der Waals surface area contributed by atoms with Gasteiger partial charge in [-0.05, 0) is 29.2 Å². The van der Waals surface area contributed by atoms with Crippen LogP contribution in [0.4, 0.5) is 0 Å². The summed E-state index contributed by atoms with van der Waals surface area (Å²) >= 11 is 5.82. The van der Waals surface area contributed by atoms with Gasteiger partial charge in [-0.3, -0.25) is 14.2 Å². The lowest BCUT2D eigenvalue weighted by Gasteiger charge is -2.34. The highest BCUT2D eigenvalue weighted by molar-refractivity contribution is 6.30. The number of nitrogens with zero attached hydrogens (tertiary/aromatic N) is 4. The fourth-order valence-corrected chi connectivity index (χ4v) is 2.65. The van der Waals surface area contributed by atoms with E-state index in [1.807, 2.05) is 0 Å². The Kier molecular flexibility index (Phi) is 4.39. The molecule has 1 aromatic heterocycles. The van der Waals surface area contributed by atoms with Crippen molar-refractivity contribution < 1.29 is 19.1 Å². The van der Waals surface area contributed by atoms with Crippen LogP contribution in [0.2, 0.25) is 5.02 Å². The quantitative estimate of drug-likeness (QED) is 0.749. The van der Waals surface area contributed by atoms with E-state index < -0.39 is 0 Å². The Morgan fingerprint density at radius 3 is 2.17 bits per heavy atom. The normalized spacial score (nSPS) is 14.8. The minimum atomic E-state index is -0.371. The molecule has 1 fully saturated rings. The highest BCUT2D eigenvalue weighted by atomic mass is 35.5. The number of benzene rings is 1. The zero-order valence-corrected chi connectivity index (χ0v) is 13.7. The van der Waals surface area contributed by atoms with Crippen LogP contribution in [0.1, 0.15) is 26.5 Å². The molecule has 1 saturated heterocycles. The van der Waals surface area contributed by atoms with Crippen LogP contribution in [-0.2, 0) is 0 Å². The van der Waals surface area contributed by atoms with Crippen molar-refractivity contribution in [2.24, 2.45) is 0 Å². The molecule has 1 aromatic carbocycles. The second-order valence-corrected chi connectivity index (χ2v) is 5.89. The molecule has 0 atom stereocenters. The SMILES string of the molecule is Cc1c(C(=O)N2CCN(C(=O)c3ccc(Cl)cc3)CC2)no[n+]1[O-]. The second kappa shape index (κ2) is 6.48. The lowest BCUT2D eigenvalue weighted by molar-refractivity contribution is -0.806. The number of halogens is 1. The summed E-state index contributed by atoms with van der Waals surface area (Å²) in [6, 6.07) is 6.68. The predicted octanol–water partition coefficient (Wildman–Crippen LogP) is 0.868. The third kappa shape index (κ3) is 3.05. The number of rotatable bonds is 2. The number of amides is 2. The smallest absolute Gasteiger partial charge is 0.308 e. The lowest BCUT2D eigenvalue weighted by atomic mass is 10.1. The lowest BCUT2D eigenvalue weighted by Crippen LogP contribution is -2.50. The van der Waals surface area contributed by atoms with Gasteiger partial charge in [0, 0.05) is 43.7 Å². The maximum atomic E-state index is 12.4. The summed E-state index contributed by atoms with van der Waals surface area (Å²) in [5.74, 6) is -0.474. The van der Waals surface area contributed by atoms with Crippen LogP contribution in [-0.4, -0.2) is 52.9 Å². The molecule has 0 bridgehead atoms. The Labute approximate surface area is 142 Å². The van der Waals surface area contributed by atoms with Gasteiger partial charge in [0.25, 0.3) is 5.91 Å². The molecule has 0 unspecified atom stereocenters. The molecule has 8 nitrogen and oxygen atoms in total. The van der Waals surface area contributed by atoms with Crippen LogP contribution in [0.3, 0.4) is 0 Å². The number of carbonyl (C=O) groups excluding carboxylic acids is 2. The molecular weight excluding hydrogens is 336 g/mol. The average Bonchev–Trinajstić information content (AvgIpc) is 2.94. The topological polar surface area (TPSA) is 93.6 Å². The molecule has 0 N–H and O–H groups in total. The maximum absolute atomic E-state index is 12.4. The van der Waals surface area contributed by atoms with Crippen molar-refractivity contribution in [3.63, 3.8) is 0 Å². The molecule has 126 valence electrons. The first kappa shape index (κ1) is 16.3. The van der Waals surface area contributed by atoms with Gasteiger partial charge in [-0.2, -0.15) is 0 Å². The Morgan fingerprint density at radius 1 is 1.12 bits per heavy atom. The largest absolute Gasteiger partial charge is 0.359 e. The van der Waals surface area contributed by atoms with E-state index in [1.165, 1.54) is 6.92 Å². The van der Waals surface area contributed by atoms with Crippen molar-refractivity contribution in [3.05, 3.63) is 51.4 Å². The molecule has 3 rings (SSSR count). The van der Waals surface area contributed by atoms with Gasteiger partial charge < -0.3 is 15.0 Å². The molecule has 0 spiro atoms. The van der Waals surface area contributed by atoms with Gasteiger partial charge >= 0.3 is 11.6 Å². The molecule has 24 heavy (non-hydrogen) atoms. The highest BCUT2D eigenvalue weighted by Gasteiger charge is 2.31. The van der Waals surface area contributed by atoms with E-state index in [-0.39, 0.29) is 28.1 Å². The number of aromatic nitrogens is 2. The minimum Gasteiger partial charge on any atom is -0.359 e. The van der Waals surface area contributed by atoms with Crippen molar-refractivity contribution in [2.45, 2.75) is 6.92 Å². The van der Waals surface area contributed by atoms with Gasteiger partial charge in [0.1, 0.15) is 0 Å². The van der Waals surface area contributed by atoms with Crippen molar-refractivity contribution in [1.82, 2.24) is 15.0 Å². The van der Waals surface area contributed by atoms with E-state index in [1.54, 1.807) is 34.1 Å². The van der Waals surface area contributed by atoms with E-state index in [0.717, 1.165) is 0 Å². The van der Waals surface area contributed by atoms with Crippen LogP contribution < -0.4 is 4.90 Å². The zero-order chi connectivity index (χ0) is 17.3. The van der Waals surface area contributed by atoms with Gasteiger partial charge in [-0.15, -0.1) is 0 Å². The molecule has 9 heteroatoms. The first-order chi connectivity index (χ1) is 11.5. The van der Waals surface area contributed by atoms with Gasteiger partial charge in [0.2, 0.25) is 5.69 Å². The van der Waals surface area contributed by atoms with Gasteiger partial charge in [-0.1, -0.05) is 11.6 Å². The van der Waals surface area contributed by atoms with E-state index in [0.29, 0.717) is 36.8 Å². The first-order valence-electron chi connectivity index (χ1n) is 7.38. The van der Waals surface area contributed by atoms with E-state index in [9.17, 15) is 14.8 Å². The average molecular weight is 351 g/mol. The fourth-order valence-electron chi connectivity index (χ4n) is 2.52. The zero-order valence-electron chi connectivity index (χ0n) is 12.9. The summed E-state index contributed by atoms with van der Waals surface area (Å²) in [4.78, 5) is 28.2. The fraction of sp³-hybridized carbons (Fsp3) is 0.333. The van der Waals surface area contributed by atoms with Gasteiger partial charge in [-0.25, -0.2) is 0 Å². The number of carbonyl (C=O) groups is 2. The van der Waals surface area contributed by atoms with E-state index >= 15 is 0 Å². The van der Waals surface area contributed by atoms with Crippen LogP contribution in [0.25, 0.3) is 0 Å². The molecule has 0 radical (unpaired) electrons. The molecule has 2 aromatic rings. The predicted molar refractivity (Wildman–Crippen MR) is 83.5 cm³/mol. The summed E-state index contributed by atoms with van der Waals surface area (Å²) in [5.41, 5.74) is 0.682. The summed E-state index contributed by atoms with van der Waals surface area (Å²) in [7, 11) is 0. The second-order valence-electron chi connectivity index (χ2n) is 5.46. The summed E-state index contributed by atoms with van der Waals surface area (Å²) in [6.45, 7) is 3.01. The monoisotopic (exact) mass is 350 g/mol. The first-order valence-corrected chi connectivity index (χ1v) is 7.75.